The lowest BCUT2D eigenvalue weighted by atomic mass is 10.2. The Morgan fingerprint density at radius 1 is 1.07 bits per heavy atom. The molecule has 0 atom stereocenters. The molecule has 2 rings (SSSR count). The van der Waals surface area contributed by atoms with Crippen molar-refractivity contribution in [2.45, 2.75) is 4.90 Å². The third kappa shape index (κ3) is 2.15. The lowest BCUT2D eigenvalue weighted by Crippen LogP contribution is -2.02. The minimum Gasteiger partial charge on any atom is -0.286 e. The molecule has 1 aromatic rings. The highest BCUT2D eigenvalue weighted by Crippen LogP contribution is 2.24. The Hall–Kier alpha value is -1.28. The van der Waals surface area contributed by atoms with Gasteiger partial charge in [0.15, 0.2) is 0 Å². The first-order valence-corrected chi connectivity index (χ1v) is 5.29. The molecule has 0 unspecified atom stereocenters. The number of thioether (sulfide) groups is 1. The van der Waals surface area contributed by atoms with Gasteiger partial charge >= 0.3 is 0 Å². The highest BCUT2D eigenvalue weighted by molar-refractivity contribution is 8.13. The number of hydrogen-bond donors (Lipinski definition) is 0. The number of allylic oxidation sites excluding steroid dienone is 4. The molecule has 0 saturated carbocycles. The first-order chi connectivity index (χ1) is 6.86. The van der Waals surface area contributed by atoms with Crippen LogP contribution >= 0.6 is 11.8 Å². The molecule has 0 N–H and O–H groups in total. The van der Waals surface area contributed by atoms with Crippen LogP contribution in [0, 0.1) is 5.92 Å². The van der Waals surface area contributed by atoms with E-state index < -0.39 is 0 Å². The standard InChI is InChI=1S/C12H10OS/c13-12(10-6-4-5-7-10)14-11-8-2-1-3-9-11/h1-10H. The van der Waals surface area contributed by atoms with Crippen molar-refractivity contribution in [1.82, 2.24) is 0 Å². The van der Waals surface area contributed by atoms with E-state index in [1.54, 1.807) is 0 Å². The molecule has 0 aromatic heterocycles. The first-order valence-electron chi connectivity index (χ1n) is 4.48. The zero-order valence-corrected chi connectivity index (χ0v) is 8.41. The van der Waals surface area contributed by atoms with Crippen LogP contribution in [0.3, 0.4) is 0 Å². The fraction of sp³-hybridized carbons (Fsp3) is 0.0833. The summed E-state index contributed by atoms with van der Waals surface area (Å²) in [5, 5.41) is 0.182. The zero-order chi connectivity index (χ0) is 9.80. The Balaban J connectivity index is 2.02. The molecular formula is C12H10OS. The smallest absolute Gasteiger partial charge is 0.204 e. The summed E-state index contributed by atoms with van der Waals surface area (Å²) >= 11 is 1.30. The Labute approximate surface area is 87.5 Å². The van der Waals surface area contributed by atoms with E-state index >= 15 is 0 Å². The Morgan fingerprint density at radius 3 is 2.36 bits per heavy atom. The van der Waals surface area contributed by atoms with Crippen LogP contribution < -0.4 is 0 Å². The van der Waals surface area contributed by atoms with Gasteiger partial charge in [0.2, 0.25) is 5.12 Å². The summed E-state index contributed by atoms with van der Waals surface area (Å²) in [6.07, 6.45) is 7.65. The van der Waals surface area contributed by atoms with Crippen molar-refractivity contribution in [3.8, 4) is 0 Å². The molecule has 70 valence electrons. The maximum absolute atomic E-state index is 11.7. The van der Waals surface area contributed by atoms with E-state index in [1.165, 1.54) is 11.8 Å². The maximum atomic E-state index is 11.7. The van der Waals surface area contributed by atoms with Gasteiger partial charge in [0.05, 0.1) is 5.92 Å². The van der Waals surface area contributed by atoms with E-state index in [4.69, 9.17) is 0 Å². The summed E-state index contributed by atoms with van der Waals surface area (Å²) in [4.78, 5) is 12.7. The lowest BCUT2D eigenvalue weighted by molar-refractivity contribution is -0.112. The second-order valence-electron chi connectivity index (χ2n) is 3.03. The van der Waals surface area contributed by atoms with Crippen LogP contribution in [0.5, 0.6) is 0 Å². The third-order valence-electron chi connectivity index (χ3n) is 1.98. The molecule has 1 nitrogen and oxygen atoms in total. The highest BCUT2D eigenvalue weighted by atomic mass is 32.2. The molecule has 14 heavy (non-hydrogen) atoms. The van der Waals surface area contributed by atoms with E-state index in [9.17, 15) is 4.79 Å². The van der Waals surface area contributed by atoms with Crippen molar-refractivity contribution in [2.75, 3.05) is 0 Å². The van der Waals surface area contributed by atoms with E-state index in [-0.39, 0.29) is 11.0 Å². The van der Waals surface area contributed by atoms with Gasteiger partial charge in [-0.2, -0.15) is 0 Å². The van der Waals surface area contributed by atoms with Gasteiger partial charge in [-0.1, -0.05) is 54.3 Å². The molecule has 0 fully saturated rings. The molecule has 0 bridgehead atoms. The third-order valence-corrected chi connectivity index (χ3v) is 2.96. The highest BCUT2D eigenvalue weighted by Gasteiger charge is 2.15. The van der Waals surface area contributed by atoms with Gasteiger partial charge in [0, 0.05) is 4.90 Å². The number of carbonyl (C=O) groups is 1. The van der Waals surface area contributed by atoms with Gasteiger partial charge in [-0.25, -0.2) is 0 Å². The second-order valence-corrected chi connectivity index (χ2v) is 4.11. The van der Waals surface area contributed by atoms with E-state index in [0.29, 0.717) is 0 Å². The number of benzene rings is 1. The Kier molecular flexibility index (Phi) is 2.84. The van der Waals surface area contributed by atoms with Gasteiger partial charge in [-0.15, -0.1) is 0 Å². The van der Waals surface area contributed by atoms with Crippen molar-refractivity contribution in [3.05, 3.63) is 54.6 Å². The summed E-state index contributed by atoms with van der Waals surface area (Å²) in [6, 6.07) is 9.73. The summed E-state index contributed by atoms with van der Waals surface area (Å²) in [7, 11) is 0. The molecule has 1 aromatic carbocycles. The Morgan fingerprint density at radius 2 is 1.71 bits per heavy atom. The van der Waals surface area contributed by atoms with Gasteiger partial charge in [0.25, 0.3) is 0 Å². The molecule has 0 heterocycles. The molecule has 0 amide bonds. The molecule has 0 radical (unpaired) electrons. The van der Waals surface area contributed by atoms with E-state index in [0.717, 1.165) is 4.90 Å². The number of rotatable bonds is 2. The van der Waals surface area contributed by atoms with Crippen LogP contribution in [0.4, 0.5) is 0 Å². The van der Waals surface area contributed by atoms with Crippen LogP contribution in [0.2, 0.25) is 0 Å². The van der Waals surface area contributed by atoms with Crippen LogP contribution in [-0.2, 0) is 4.79 Å². The number of carbonyl (C=O) groups excluding carboxylic acids is 1. The molecule has 2 heteroatoms. The normalized spacial score (nSPS) is 14.9. The largest absolute Gasteiger partial charge is 0.286 e. The second kappa shape index (κ2) is 4.29. The minimum atomic E-state index is -0.0415. The molecule has 0 spiro atoms. The summed E-state index contributed by atoms with van der Waals surface area (Å²) < 4.78 is 0. The van der Waals surface area contributed by atoms with Gasteiger partial charge in [-0.05, 0) is 12.1 Å². The topological polar surface area (TPSA) is 17.1 Å². The SMILES string of the molecule is O=C(Sc1ccccc1)C1C=CC=C1. The monoisotopic (exact) mass is 202 g/mol. The van der Waals surface area contributed by atoms with Crippen LogP contribution in [0.15, 0.2) is 59.5 Å². The summed E-state index contributed by atoms with van der Waals surface area (Å²) in [5.74, 6) is -0.0415. The van der Waals surface area contributed by atoms with Gasteiger partial charge in [0.1, 0.15) is 0 Å². The van der Waals surface area contributed by atoms with Gasteiger partial charge in [-0.3, -0.25) is 4.79 Å². The lowest BCUT2D eigenvalue weighted by Gasteiger charge is -2.03. The van der Waals surface area contributed by atoms with Crippen molar-refractivity contribution in [1.29, 1.82) is 0 Å². The van der Waals surface area contributed by atoms with Crippen molar-refractivity contribution in [3.63, 3.8) is 0 Å². The molecule has 1 aliphatic rings. The molecule has 0 aliphatic heterocycles. The average molecular weight is 202 g/mol. The molecule has 0 saturated heterocycles. The van der Waals surface area contributed by atoms with Crippen molar-refractivity contribution in [2.24, 2.45) is 5.92 Å². The Bertz CT molecular complexity index is 367. The van der Waals surface area contributed by atoms with E-state index in [1.807, 2.05) is 54.6 Å². The first kappa shape index (κ1) is 9.28. The fourth-order valence-corrected chi connectivity index (χ4v) is 2.08. The predicted octanol–water partition coefficient (Wildman–Crippen LogP) is 3.05. The molecule has 1 aliphatic carbocycles. The fourth-order valence-electron chi connectivity index (χ4n) is 1.26. The summed E-state index contributed by atoms with van der Waals surface area (Å²) in [5.41, 5.74) is 0. The molecular weight excluding hydrogens is 192 g/mol. The zero-order valence-electron chi connectivity index (χ0n) is 7.59. The average Bonchev–Trinajstić information content (AvgIpc) is 2.72. The predicted molar refractivity (Wildman–Crippen MR) is 59.1 cm³/mol. The maximum Gasteiger partial charge on any atom is 0.204 e. The van der Waals surface area contributed by atoms with Crippen LogP contribution in [0.1, 0.15) is 0 Å². The summed E-state index contributed by atoms with van der Waals surface area (Å²) in [6.45, 7) is 0. The van der Waals surface area contributed by atoms with Crippen LogP contribution in [0.25, 0.3) is 0 Å². The van der Waals surface area contributed by atoms with E-state index in [2.05, 4.69) is 0 Å². The number of hydrogen-bond acceptors (Lipinski definition) is 2. The van der Waals surface area contributed by atoms with Crippen molar-refractivity contribution >= 4 is 16.9 Å². The van der Waals surface area contributed by atoms with Crippen molar-refractivity contribution < 1.29 is 4.79 Å². The minimum absolute atomic E-state index is 0.0415. The quantitative estimate of drug-likeness (QED) is 0.686. The van der Waals surface area contributed by atoms with Crippen LogP contribution in [-0.4, -0.2) is 5.12 Å². The van der Waals surface area contributed by atoms with Gasteiger partial charge < -0.3 is 0 Å².